The van der Waals surface area contributed by atoms with Gasteiger partial charge in [-0.3, -0.25) is 4.79 Å². The van der Waals surface area contributed by atoms with Gasteiger partial charge in [0.15, 0.2) is 17.3 Å². The molecule has 2 aromatic rings. The minimum atomic E-state index is 0.0688. The van der Waals surface area contributed by atoms with E-state index >= 15 is 0 Å². The van der Waals surface area contributed by atoms with Crippen LogP contribution in [0.3, 0.4) is 0 Å². The van der Waals surface area contributed by atoms with Crippen LogP contribution in [0.2, 0.25) is 5.02 Å². The van der Waals surface area contributed by atoms with Crippen molar-refractivity contribution in [3.05, 3.63) is 63.7 Å². The molecule has 0 saturated heterocycles. The summed E-state index contributed by atoms with van der Waals surface area (Å²) >= 11 is 6.25. The predicted molar refractivity (Wildman–Crippen MR) is 80.0 cm³/mol. The van der Waals surface area contributed by atoms with E-state index in [1.54, 1.807) is 6.07 Å². The zero-order valence-electron chi connectivity index (χ0n) is 11.1. The first-order valence-electron chi connectivity index (χ1n) is 6.65. The molecule has 0 radical (unpaired) electrons. The molecule has 2 aromatic carbocycles. The first-order chi connectivity index (χ1) is 10.2. The maximum Gasteiger partial charge on any atom is 0.231 e. The van der Waals surface area contributed by atoms with E-state index in [9.17, 15) is 4.79 Å². The van der Waals surface area contributed by atoms with Gasteiger partial charge < -0.3 is 9.47 Å². The number of Topliss-reactive ketones (excluding diaryl/α,β-unsaturated/α-hetero) is 1. The lowest BCUT2D eigenvalue weighted by Crippen LogP contribution is -1.95. The number of benzene rings is 2. The van der Waals surface area contributed by atoms with Gasteiger partial charge in [0.1, 0.15) is 0 Å². The monoisotopic (exact) mass is 298 g/mol. The van der Waals surface area contributed by atoms with E-state index in [0.29, 0.717) is 22.9 Å². The number of halogens is 1. The van der Waals surface area contributed by atoms with Crippen LogP contribution in [-0.4, -0.2) is 12.6 Å². The molecule has 0 aromatic heterocycles. The lowest BCUT2D eigenvalue weighted by Gasteiger charge is -2.03. The molecular weight excluding hydrogens is 288 g/mol. The average Bonchev–Trinajstić information content (AvgIpc) is 3.05. The van der Waals surface area contributed by atoms with Crippen molar-refractivity contribution in [1.82, 2.24) is 0 Å². The van der Waals surface area contributed by atoms with Crippen LogP contribution in [0.4, 0.5) is 0 Å². The number of rotatable bonds is 1. The van der Waals surface area contributed by atoms with Gasteiger partial charge in [0, 0.05) is 23.6 Å². The molecule has 0 bridgehead atoms. The molecule has 3 nitrogen and oxygen atoms in total. The molecule has 0 atom stereocenters. The Morgan fingerprint density at radius 2 is 1.86 bits per heavy atom. The second-order valence-electron chi connectivity index (χ2n) is 5.06. The maximum atomic E-state index is 12.4. The third kappa shape index (κ3) is 2.01. The number of ketones is 1. The third-order valence-corrected chi connectivity index (χ3v) is 4.08. The zero-order valence-corrected chi connectivity index (χ0v) is 11.8. The second kappa shape index (κ2) is 4.64. The number of hydrogen-bond donors (Lipinski definition) is 0. The van der Waals surface area contributed by atoms with Crippen LogP contribution >= 0.6 is 11.6 Å². The van der Waals surface area contributed by atoms with Gasteiger partial charge in [-0.25, -0.2) is 0 Å². The van der Waals surface area contributed by atoms with Crippen LogP contribution in [0.25, 0.3) is 6.08 Å². The van der Waals surface area contributed by atoms with Crippen LogP contribution in [-0.2, 0) is 6.42 Å². The Morgan fingerprint density at radius 3 is 2.67 bits per heavy atom. The van der Waals surface area contributed by atoms with Crippen molar-refractivity contribution >= 4 is 23.5 Å². The number of carbonyl (C=O) groups is 1. The molecule has 21 heavy (non-hydrogen) atoms. The molecule has 4 heteroatoms. The summed E-state index contributed by atoms with van der Waals surface area (Å²) < 4.78 is 10.6. The Kier molecular flexibility index (Phi) is 2.76. The normalized spacial score (nSPS) is 17.4. The molecule has 0 unspecified atom stereocenters. The summed E-state index contributed by atoms with van der Waals surface area (Å²) in [4.78, 5) is 12.4. The molecule has 1 heterocycles. The lowest BCUT2D eigenvalue weighted by molar-refractivity contribution is 0.104. The summed E-state index contributed by atoms with van der Waals surface area (Å²) in [7, 11) is 0. The number of ether oxygens (including phenoxy) is 2. The van der Waals surface area contributed by atoms with Gasteiger partial charge >= 0.3 is 0 Å². The fourth-order valence-corrected chi connectivity index (χ4v) is 2.91. The number of fused-ring (bicyclic) bond motifs is 2. The van der Waals surface area contributed by atoms with Gasteiger partial charge in [0.25, 0.3) is 0 Å². The minimum absolute atomic E-state index is 0.0688. The summed E-state index contributed by atoms with van der Waals surface area (Å²) in [6.07, 6.45) is 2.48. The van der Waals surface area contributed by atoms with Gasteiger partial charge in [-0.1, -0.05) is 35.9 Å². The standard InChI is InChI=1S/C17H11ClO3/c18-14-8-16-15(20-9-21-16)7-11(14)6-12-5-10-3-1-2-4-13(10)17(12)19/h1-4,6-8H,5,9H2/b12-6+. The molecule has 0 amide bonds. The first-order valence-corrected chi connectivity index (χ1v) is 7.02. The molecule has 0 N–H and O–H groups in total. The number of allylic oxidation sites excluding steroid dienone is 1. The summed E-state index contributed by atoms with van der Waals surface area (Å²) in [5, 5.41) is 0.551. The summed E-state index contributed by atoms with van der Waals surface area (Å²) in [5.74, 6) is 1.37. The van der Waals surface area contributed by atoms with E-state index in [1.807, 2.05) is 36.4 Å². The molecule has 104 valence electrons. The van der Waals surface area contributed by atoms with Crippen molar-refractivity contribution in [1.29, 1.82) is 0 Å². The highest BCUT2D eigenvalue weighted by molar-refractivity contribution is 6.32. The van der Waals surface area contributed by atoms with Gasteiger partial charge in [0.05, 0.1) is 5.02 Å². The molecule has 0 spiro atoms. The Morgan fingerprint density at radius 1 is 1.10 bits per heavy atom. The fraction of sp³-hybridized carbons (Fsp3) is 0.118. The van der Waals surface area contributed by atoms with E-state index in [2.05, 4.69) is 0 Å². The first kappa shape index (κ1) is 12.5. The molecule has 1 aliphatic carbocycles. The van der Waals surface area contributed by atoms with Crippen LogP contribution < -0.4 is 9.47 Å². The van der Waals surface area contributed by atoms with E-state index in [4.69, 9.17) is 21.1 Å². The molecule has 0 fully saturated rings. The molecule has 2 aliphatic rings. The molecular formula is C17H11ClO3. The van der Waals surface area contributed by atoms with E-state index in [0.717, 1.165) is 22.3 Å². The topological polar surface area (TPSA) is 35.5 Å². The van der Waals surface area contributed by atoms with Gasteiger partial charge in [-0.05, 0) is 23.3 Å². The Labute approximate surface area is 126 Å². The fourth-order valence-electron chi connectivity index (χ4n) is 2.70. The van der Waals surface area contributed by atoms with E-state index in [1.165, 1.54) is 0 Å². The summed E-state index contributed by atoms with van der Waals surface area (Å²) in [5.41, 5.74) is 3.36. The highest BCUT2D eigenvalue weighted by Gasteiger charge is 2.24. The number of hydrogen-bond acceptors (Lipinski definition) is 3. The quantitative estimate of drug-likeness (QED) is 0.749. The molecule has 0 saturated carbocycles. The van der Waals surface area contributed by atoms with Crippen LogP contribution in [0, 0.1) is 0 Å². The van der Waals surface area contributed by atoms with Crippen molar-refractivity contribution in [3.63, 3.8) is 0 Å². The Hall–Kier alpha value is -2.26. The number of carbonyl (C=O) groups excluding carboxylic acids is 1. The van der Waals surface area contributed by atoms with Crippen LogP contribution in [0.1, 0.15) is 21.5 Å². The maximum absolute atomic E-state index is 12.4. The lowest BCUT2D eigenvalue weighted by atomic mass is 10.1. The van der Waals surface area contributed by atoms with Crippen molar-refractivity contribution in [3.8, 4) is 11.5 Å². The molecule has 4 rings (SSSR count). The Bertz CT molecular complexity index is 793. The van der Waals surface area contributed by atoms with Gasteiger partial charge in [-0.2, -0.15) is 0 Å². The van der Waals surface area contributed by atoms with Crippen LogP contribution in [0.5, 0.6) is 11.5 Å². The van der Waals surface area contributed by atoms with Crippen LogP contribution in [0.15, 0.2) is 42.0 Å². The van der Waals surface area contributed by atoms with Crippen molar-refractivity contribution in [2.24, 2.45) is 0 Å². The van der Waals surface area contributed by atoms with Crippen molar-refractivity contribution in [2.75, 3.05) is 6.79 Å². The van der Waals surface area contributed by atoms with Crippen molar-refractivity contribution in [2.45, 2.75) is 6.42 Å². The predicted octanol–water partition coefficient (Wildman–Crippen LogP) is 3.89. The largest absolute Gasteiger partial charge is 0.454 e. The summed E-state index contributed by atoms with van der Waals surface area (Å²) in [6.45, 7) is 0.204. The summed E-state index contributed by atoms with van der Waals surface area (Å²) in [6, 6.07) is 11.2. The smallest absolute Gasteiger partial charge is 0.231 e. The molecule has 1 aliphatic heterocycles. The van der Waals surface area contributed by atoms with Gasteiger partial charge in [0.2, 0.25) is 6.79 Å². The van der Waals surface area contributed by atoms with E-state index < -0.39 is 0 Å². The Balaban J connectivity index is 1.75. The van der Waals surface area contributed by atoms with E-state index in [-0.39, 0.29) is 12.6 Å². The van der Waals surface area contributed by atoms with Gasteiger partial charge in [-0.15, -0.1) is 0 Å². The highest BCUT2D eigenvalue weighted by atomic mass is 35.5. The SMILES string of the molecule is O=C1/C(=C/c2cc3c(cc2Cl)OCO3)Cc2ccccc21. The second-order valence-corrected chi connectivity index (χ2v) is 5.47. The minimum Gasteiger partial charge on any atom is -0.454 e. The average molecular weight is 299 g/mol. The zero-order chi connectivity index (χ0) is 14.4. The van der Waals surface area contributed by atoms with Crippen molar-refractivity contribution < 1.29 is 14.3 Å². The third-order valence-electron chi connectivity index (χ3n) is 3.76. The highest BCUT2D eigenvalue weighted by Crippen LogP contribution is 2.38.